The molecule has 106 valence electrons. The predicted octanol–water partition coefficient (Wildman–Crippen LogP) is -1.04. The van der Waals surface area contributed by atoms with Crippen LogP contribution in [0.15, 0.2) is 0 Å². The summed E-state index contributed by atoms with van der Waals surface area (Å²) in [5.41, 5.74) is 0. The number of piperidine rings is 1. The van der Waals surface area contributed by atoms with Gasteiger partial charge in [0.15, 0.2) is 0 Å². The Bertz CT molecular complexity index is 226. The van der Waals surface area contributed by atoms with Gasteiger partial charge in [0.2, 0.25) is 0 Å². The molecule has 0 radical (unpaired) electrons. The fourth-order valence-electron chi connectivity index (χ4n) is 2.90. The Labute approximate surface area is 110 Å². The first-order valence-corrected chi connectivity index (χ1v) is 7.22. The third-order valence-electron chi connectivity index (χ3n) is 4.11. The van der Waals surface area contributed by atoms with E-state index in [1.807, 2.05) is 0 Å². The minimum Gasteiger partial charge on any atom is -0.396 e. The summed E-state index contributed by atoms with van der Waals surface area (Å²) in [5, 5.41) is 22.5. The molecular weight excluding hydrogens is 230 g/mol. The minimum atomic E-state index is -0.242. The Morgan fingerprint density at radius 3 is 2.11 bits per heavy atom. The molecule has 0 saturated carbocycles. The fourth-order valence-corrected chi connectivity index (χ4v) is 2.90. The Hall–Kier alpha value is -0.200. The molecule has 0 spiro atoms. The van der Waals surface area contributed by atoms with E-state index in [1.165, 1.54) is 0 Å². The fraction of sp³-hybridized carbons (Fsp3) is 1.00. The number of rotatable bonds is 5. The maximum absolute atomic E-state index is 10.1. The first-order valence-electron chi connectivity index (χ1n) is 7.22. The molecule has 1 unspecified atom stereocenters. The lowest BCUT2D eigenvalue weighted by Crippen LogP contribution is -2.49. The van der Waals surface area contributed by atoms with Crippen molar-refractivity contribution >= 4 is 0 Å². The third kappa shape index (κ3) is 4.48. The molecule has 5 nitrogen and oxygen atoms in total. The maximum Gasteiger partial charge on any atom is 0.0793 e. The predicted molar refractivity (Wildman–Crippen MR) is 71.6 cm³/mol. The maximum atomic E-state index is 10.1. The Morgan fingerprint density at radius 1 is 1.00 bits per heavy atom. The van der Waals surface area contributed by atoms with Gasteiger partial charge in [-0.1, -0.05) is 0 Å². The summed E-state index contributed by atoms with van der Waals surface area (Å²) in [4.78, 5) is 4.67. The quantitative estimate of drug-likeness (QED) is 0.587. The standard InChI is InChI=1S/C13H27N3O2/c17-11-12-1-5-15(6-2-12)9-13(18)10-16-7-3-14-4-8-16/h12-14,17-18H,1-11H2. The van der Waals surface area contributed by atoms with E-state index in [-0.39, 0.29) is 6.10 Å². The number of nitrogens with one attached hydrogen (secondary N) is 1. The number of hydrogen-bond donors (Lipinski definition) is 3. The second kappa shape index (κ2) is 7.40. The zero-order chi connectivity index (χ0) is 12.8. The number of hydrogen-bond acceptors (Lipinski definition) is 5. The van der Waals surface area contributed by atoms with Gasteiger partial charge in [-0.05, 0) is 31.8 Å². The smallest absolute Gasteiger partial charge is 0.0793 e. The number of likely N-dealkylation sites (tertiary alicyclic amines) is 1. The molecule has 2 saturated heterocycles. The van der Waals surface area contributed by atoms with Gasteiger partial charge in [0, 0.05) is 45.9 Å². The topological polar surface area (TPSA) is 59.0 Å². The van der Waals surface area contributed by atoms with E-state index in [2.05, 4.69) is 15.1 Å². The van der Waals surface area contributed by atoms with Crippen molar-refractivity contribution < 1.29 is 10.2 Å². The van der Waals surface area contributed by atoms with Crippen LogP contribution in [0.2, 0.25) is 0 Å². The Morgan fingerprint density at radius 2 is 1.56 bits per heavy atom. The van der Waals surface area contributed by atoms with Crippen LogP contribution in [-0.2, 0) is 0 Å². The van der Waals surface area contributed by atoms with Crippen LogP contribution in [0.1, 0.15) is 12.8 Å². The molecule has 0 aliphatic carbocycles. The zero-order valence-electron chi connectivity index (χ0n) is 11.2. The van der Waals surface area contributed by atoms with E-state index >= 15 is 0 Å². The lowest BCUT2D eigenvalue weighted by molar-refractivity contribution is 0.0506. The first kappa shape index (κ1) is 14.2. The molecule has 2 heterocycles. The summed E-state index contributed by atoms with van der Waals surface area (Å²) in [6.07, 6.45) is 1.89. The molecule has 0 aromatic rings. The lowest BCUT2D eigenvalue weighted by Gasteiger charge is -2.34. The van der Waals surface area contributed by atoms with Gasteiger partial charge < -0.3 is 20.4 Å². The van der Waals surface area contributed by atoms with Crippen LogP contribution in [0.4, 0.5) is 0 Å². The van der Waals surface area contributed by atoms with Crippen LogP contribution in [0.25, 0.3) is 0 Å². The lowest BCUT2D eigenvalue weighted by atomic mass is 9.98. The Kier molecular flexibility index (Phi) is 5.85. The van der Waals surface area contributed by atoms with Gasteiger partial charge in [-0.3, -0.25) is 4.90 Å². The Balaban J connectivity index is 1.63. The highest BCUT2D eigenvalue weighted by Gasteiger charge is 2.21. The van der Waals surface area contributed by atoms with Gasteiger partial charge in [-0.15, -0.1) is 0 Å². The highest BCUT2D eigenvalue weighted by Crippen LogP contribution is 2.16. The molecule has 0 aromatic heterocycles. The van der Waals surface area contributed by atoms with Gasteiger partial charge >= 0.3 is 0 Å². The highest BCUT2D eigenvalue weighted by atomic mass is 16.3. The van der Waals surface area contributed by atoms with Crippen molar-refractivity contribution in [1.82, 2.24) is 15.1 Å². The van der Waals surface area contributed by atoms with Crippen LogP contribution in [-0.4, -0.2) is 85.1 Å². The minimum absolute atomic E-state index is 0.242. The summed E-state index contributed by atoms with van der Waals surface area (Å²) in [6, 6.07) is 0. The van der Waals surface area contributed by atoms with Crippen molar-refractivity contribution in [3.8, 4) is 0 Å². The van der Waals surface area contributed by atoms with E-state index in [9.17, 15) is 5.11 Å². The van der Waals surface area contributed by atoms with Crippen molar-refractivity contribution in [1.29, 1.82) is 0 Å². The molecule has 5 heteroatoms. The molecular formula is C13H27N3O2. The van der Waals surface area contributed by atoms with Crippen molar-refractivity contribution in [3.63, 3.8) is 0 Å². The number of nitrogens with zero attached hydrogens (tertiary/aromatic N) is 2. The molecule has 1 atom stereocenters. The SMILES string of the molecule is OCC1CCN(CC(O)CN2CCNCC2)CC1. The van der Waals surface area contributed by atoms with Gasteiger partial charge in [0.25, 0.3) is 0 Å². The number of aliphatic hydroxyl groups excluding tert-OH is 2. The first-order chi connectivity index (χ1) is 8.78. The van der Waals surface area contributed by atoms with Gasteiger partial charge in [0.1, 0.15) is 0 Å². The van der Waals surface area contributed by atoms with Crippen molar-refractivity contribution in [2.45, 2.75) is 18.9 Å². The van der Waals surface area contributed by atoms with Crippen LogP contribution in [0.5, 0.6) is 0 Å². The summed E-state index contributed by atoms with van der Waals surface area (Å²) in [7, 11) is 0. The van der Waals surface area contributed by atoms with Crippen molar-refractivity contribution in [2.24, 2.45) is 5.92 Å². The van der Waals surface area contributed by atoms with E-state index in [1.54, 1.807) is 0 Å². The molecule has 2 aliphatic heterocycles. The van der Waals surface area contributed by atoms with Crippen LogP contribution in [0.3, 0.4) is 0 Å². The van der Waals surface area contributed by atoms with Gasteiger partial charge in [0.05, 0.1) is 6.10 Å². The van der Waals surface area contributed by atoms with Crippen LogP contribution >= 0.6 is 0 Å². The summed E-state index contributed by atoms with van der Waals surface area (Å²) < 4.78 is 0. The van der Waals surface area contributed by atoms with Crippen LogP contribution < -0.4 is 5.32 Å². The number of piperazine rings is 1. The number of β-amino-alcohol motifs (C(OH)–C–C–N with tert-alkyl or cyclic N) is 1. The van der Waals surface area contributed by atoms with Crippen molar-refractivity contribution in [2.75, 3.05) is 59.0 Å². The van der Waals surface area contributed by atoms with E-state index in [4.69, 9.17) is 5.11 Å². The van der Waals surface area contributed by atoms with Gasteiger partial charge in [-0.25, -0.2) is 0 Å². The average Bonchev–Trinajstić information content (AvgIpc) is 2.40. The van der Waals surface area contributed by atoms with E-state index in [0.717, 1.165) is 65.2 Å². The molecule has 0 amide bonds. The van der Waals surface area contributed by atoms with Crippen molar-refractivity contribution in [3.05, 3.63) is 0 Å². The third-order valence-corrected chi connectivity index (χ3v) is 4.11. The summed E-state index contributed by atoms with van der Waals surface area (Å²) >= 11 is 0. The molecule has 0 bridgehead atoms. The van der Waals surface area contributed by atoms with E-state index < -0.39 is 0 Å². The largest absolute Gasteiger partial charge is 0.396 e. The number of aliphatic hydroxyl groups is 2. The summed E-state index contributed by atoms with van der Waals surface area (Å²) in [5.74, 6) is 0.478. The van der Waals surface area contributed by atoms with Gasteiger partial charge in [-0.2, -0.15) is 0 Å². The monoisotopic (exact) mass is 257 g/mol. The molecule has 2 fully saturated rings. The molecule has 0 aromatic carbocycles. The highest BCUT2D eigenvalue weighted by molar-refractivity contribution is 4.77. The second-order valence-electron chi connectivity index (χ2n) is 5.63. The molecule has 2 rings (SSSR count). The normalized spacial score (nSPS) is 26.3. The van der Waals surface area contributed by atoms with Crippen LogP contribution in [0, 0.1) is 5.92 Å². The van der Waals surface area contributed by atoms with E-state index in [0.29, 0.717) is 12.5 Å². The molecule has 3 N–H and O–H groups in total. The molecule has 2 aliphatic rings. The second-order valence-corrected chi connectivity index (χ2v) is 5.63. The summed E-state index contributed by atoms with van der Waals surface area (Å²) in [6.45, 7) is 8.09. The zero-order valence-corrected chi connectivity index (χ0v) is 11.2. The molecule has 18 heavy (non-hydrogen) atoms. The average molecular weight is 257 g/mol.